The molecule has 0 aliphatic carbocycles. The van der Waals surface area contributed by atoms with Crippen LogP contribution in [0.4, 0.5) is 5.82 Å². The molecular weight excluding hydrogens is 310 g/mol. The van der Waals surface area contributed by atoms with Crippen molar-refractivity contribution in [3.63, 3.8) is 0 Å². The molecule has 6 heteroatoms. The van der Waals surface area contributed by atoms with Gasteiger partial charge in [-0.05, 0) is 56.3 Å². The van der Waals surface area contributed by atoms with E-state index in [0.717, 1.165) is 48.6 Å². The number of anilines is 1. The third kappa shape index (κ3) is 3.02. The third-order valence-corrected chi connectivity index (χ3v) is 4.42. The molecule has 2 N–H and O–H groups in total. The molecule has 0 spiro atoms. The van der Waals surface area contributed by atoms with Gasteiger partial charge in [-0.25, -0.2) is 9.97 Å². The van der Waals surface area contributed by atoms with Crippen LogP contribution in [0, 0.1) is 0 Å². The number of hydrogen-bond acceptors (Lipinski definition) is 4. The zero-order valence-corrected chi connectivity index (χ0v) is 13.4. The van der Waals surface area contributed by atoms with Crippen LogP contribution in [-0.2, 0) is 0 Å². The molecule has 4 rings (SSSR count). The van der Waals surface area contributed by atoms with Crippen LogP contribution >= 0.6 is 11.6 Å². The molecule has 2 aromatic heterocycles. The van der Waals surface area contributed by atoms with Gasteiger partial charge in [-0.3, -0.25) is 4.57 Å². The largest absolute Gasteiger partial charge is 0.367 e. The Labute approximate surface area is 139 Å². The number of nitrogens with zero attached hydrogens (tertiary/aromatic N) is 3. The van der Waals surface area contributed by atoms with Crippen LogP contribution in [0.1, 0.15) is 12.8 Å². The Hall–Kier alpha value is -2.11. The standard InChI is InChI=1S/C17H18ClN5/c18-12-4-5-15-14(10-12)20-11-23(15)17-3-1-2-16(22-17)21-13-6-8-19-9-7-13/h1-5,10-11,13,19H,6-9H2,(H,21,22). The van der Waals surface area contributed by atoms with E-state index in [9.17, 15) is 0 Å². The fraction of sp³-hybridized carbons (Fsp3) is 0.294. The fourth-order valence-corrected chi connectivity index (χ4v) is 3.15. The molecule has 0 atom stereocenters. The normalized spacial score (nSPS) is 15.9. The van der Waals surface area contributed by atoms with E-state index in [0.29, 0.717) is 11.1 Å². The molecular formula is C17H18ClN5. The van der Waals surface area contributed by atoms with Crippen LogP contribution in [0.3, 0.4) is 0 Å². The number of fused-ring (bicyclic) bond motifs is 1. The van der Waals surface area contributed by atoms with E-state index >= 15 is 0 Å². The average molecular weight is 328 g/mol. The third-order valence-electron chi connectivity index (χ3n) is 4.18. The molecule has 0 amide bonds. The Morgan fingerprint density at radius 1 is 1.17 bits per heavy atom. The van der Waals surface area contributed by atoms with Gasteiger partial charge in [-0.15, -0.1) is 0 Å². The summed E-state index contributed by atoms with van der Waals surface area (Å²) in [7, 11) is 0. The van der Waals surface area contributed by atoms with Gasteiger partial charge in [-0.1, -0.05) is 17.7 Å². The molecule has 1 aliphatic rings. The van der Waals surface area contributed by atoms with Crippen LogP contribution in [0.25, 0.3) is 16.9 Å². The van der Waals surface area contributed by atoms with E-state index in [4.69, 9.17) is 16.6 Å². The van der Waals surface area contributed by atoms with Crippen molar-refractivity contribution in [3.8, 4) is 5.82 Å². The second-order valence-corrected chi connectivity index (χ2v) is 6.23. The van der Waals surface area contributed by atoms with Gasteiger partial charge in [0.2, 0.25) is 0 Å². The van der Waals surface area contributed by atoms with Crippen molar-refractivity contribution in [3.05, 3.63) is 47.7 Å². The van der Waals surface area contributed by atoms with Gasteiger partial charge in [0.05, 0.1) is 11.0 Å². The number of rotatable bonds is 3. The molecule has 0 saturated carbocycles. The number of pyridine rings is 1. The van der Waals surface area contributed by atoms with Crippen molar-refractivity contribution < 1.29 is 0 Å². The first kappa shape index (κ1) is 14.5. The minimum atomic E-state index is 0.484. The van der Waals surface area contributed by atoms with E-state index in [1.807, 2.05) is 41.0 Å². The Bertz CT molecular complexity index is 823. The topological polar surface area (TPSA) is 54.8 Å². The number of aromatic nitrogens is 3. The maximum atomic E-state index is 6.03. The SMILES string of the molecule is Clc1ccc2c(c1)ncn2-c1cccc(NC2CCNCC2)n1. The lowest BCUT2D eigenvalue weighted by atomic mass is 10.1. The second kappa shape index (κ2) is 6.18. The predicted molar refractivity (Wildman–Crippen MR) is 93.4 cm³/mol. The zero-order valence-electron chi connectivity index (χ0n) is 12.7. The molecule has 0 bridgehead atoms. The summed E-state index contributed by atoms with van der Waals surface area (Å²) in [5.74, 6) is 1.76. The highest BCUT2D eigenvalue weighted by molar-refractivity contribution is 6.31. The van der Waals surface area contributed by atoms with Crippen molar-refractivity contribution in [2.24, 2.45) is 0 Å². The molecule has 3 heterocycles. The molecule has 0 unspecified atom stereocenters. The van der Waals surface area contributed by atoms with E-state index in [1.54, 1.807) is 6.33 Å². The number of halogens is 1. The number of hydrogen-bond donors (Lipinski definition) is 2. The van der Waals surface area contributed by atoms with Gasteiger partial charge in [0.15, 0.2) is 0 Å². The monoisotopic (exact) mass is 327 g/mol. The van der Waals surface area contributed by atoms with Gasteiger partial charge in [0, 0.05) is 11.1 Å². The molecule has 0 radical (unpaired) electrons. The summed E-state index contributed by atoms with van der Waals surface area (Å²) < 4.78 is 1.99. The Morgan fingerprint density at radius 3 is 2.91 bits per heavy atom. The Kier molecular flexibility index (Phi) is 3.89. The first-order chi connectivity index (χ1) is 11.3. The number of benzene rings is 1. The summed E-state index contributed by atoms with van der Waals surface area (Å²) in [5.41, 5.74) is 1.87. The highest BCUT2D eigenvalue weighted by atomic mass is 35.5. The predicted octanol–water partition coefficient (Wildman–Crippen LogP) is 3.24. The quantitative estimate of drug-likeness (QED) is 0.775. The molecule has 1 saturated heterocycles. The summed E-state index contributed by atoms with van der Waals surface area (Å²) in [5, 5.41) is 7.60. The minimum absolute atomic E-state index is 0.484. The zero-order chi connectivity index (χ0) is 15.6. The van der Waals surface area contributed by atoms with E-state index in [1.165, 1.54) is 0 Å². The summed E-state index contributed by atoms with van der Waals surface area (Å²) >= 11 is 6.03. The lowest BCUT2D eigenvalue weighted by molar-refractivity contribution is 0.478. The maximum Gasteiger partial charge on any atom is 0.140 e. The number of imidazole rings is 1. The van der Waals surface area contributed by atoms with Crippen molar-refractivity contribution in [2.75, 3.05) is 18.4 Å². The van der Waals surface area contributed by atoms with Crippen LogP contribution in [0.2, 0.25) is 5.02 Å². The lowest BCUT2D eigenvalue weighted by Crippen LogP contribution is -2.35. The smallest absolute Gasteiger partial charge is 0.140 e. The van der Waals surface area contributed by atoms with Crippen LogP contribution in [0.15, 0.2) is 42.7 Å². The first-order valence-corrected chi connectivity index (χ1v) is 8.25. The minimum Gasteiger partial charge on any atom is -0.367 e. The molecule has 5 nitrogen and oxygen atoms in total. The first-order valence-electron chi connectivity index (χ1n) is 7.87. The lowest BCUT2D eigenvalue weighted by Gasteiger charge is -2.24. The highest BCUT2D eigenvalue weighted by Gasteiger charge is 2.13. The van der Waals surface area contributed by atoms with E-state index < -0.39 is 0 Å². The Balaban J connectivity index is 1.64. The molecule has 23 heavy (non-hydrogen) atoms. The van der Waals surface area contributed by atoms with Gasteiger partial charge in [0.25, 0.3) is 0 Å². The van der Waals surface area contributed by atoms with Crippen molar-refractivity contribution in [2.45, 2.75) is 18.9 Å². The molecule has 118 valence electrons. The van der Waals surface area contributed by atoms with Crippen LogP contribution in [-0.4, -0.2) is 33.7 Å². The molecule has 1 aliphatic heterocycles. The highest BCUT2D eigenvalue weighted by Crippen LogP contribution is 2.21. The summed E-state index contributed by atoms with van der Waals surface area (Å²) in [6, 6.07) is 12.2. The average Bonchev–Trinajstić information content (AvgIpc) is 2.99. The van der Waals surface area contributed by atoms with Gasteiger partial charge < -0.3 is 10.6 Å². The van der Waals surface area contributed by atoms with Crippen LogP contribution in [0.5, 0.6) is 0 Å². The summed E-state index contributed by atoms with van der Waals surface area (Å²) in [6.45, 7) is 2.12. The van der Waals surface area contributed by atoms with E-state index in [-0.39, 0.29) is 0 Å². The van der Waals surface area contributed by atoms with Crippen molar-refractivity contribution >= 4 is 28.5 Å². The van der Waals surface area contributed by atoms with E-state index in [2.05, 4.69) is 15.6 Å². The maximum absolute atomic E-state index is 6.03. The van der Waals surface area contributed by atoms with Gasteiger partial charge >= 0.3 is 0 Å². The number of piperidine rings is 1. The molecule has 1 aromatic carbocycles. The summed E-state index contributed by atoms with van der Waals surface area (Å²) in [4.78, 5) is 9.15. The number of nitrogens with one attached hydrogen (secondary N) is 2. The fourth-order valence-electron chi connectivity index (χ4n) is 2.98. The molecule has 1 fully saturated rings. The molecule has 3 aromatic rings. The van der Waals surface area contributed by atoms with Gasteiger partial charge in [-0.2, -0.15) is 0 Å². The van der Waals surface area contributed by atoms with Crippen molar-refractivity contribution in [1.29, 1.82) is 0 Å². The second-order valence-electron chi connectivity index (χ2n) is 5.80. The Morgan fingerprint density at radius 2 is 2.04 bits per heavy atom. The van der Waals surface area contributed by atoms with Crippen LogP contribution < -0.4 is 10.6 Å². The summed E-state index contributed by atoms with van der Waals surface area (Å²) in [6.07, 6.45) is 4.04. The van der Waals surface area contributed by atoms with Crippen molar-refractivity contribution in [1.82, 2.24) is 19.9 Å². The van der Waals surface area contributed by atoms with Gasteiger partial charge in [0.1, 0.15) is 18.0 Å².